The number of halogens is 1. The van der Waals surface area contributed by atoms with Crippen LogP contribution in [0.1, 0.15) is 5.56 Å². The van der Waals surface area contributed by atoms with Gasteiger partial charge < -0.3 is 10.3 Å². The summed E-state index contributed by atoms with van der Waals surface area (Å²) >= 11 is 6.12. The highest BCUT2D eigenvalue weighted by Gasteiger charge is 2.05. The van der Waals surface area contributed by atoms with Gasteiger partial charge in [0.2, 0.25) is 0 Å². The summed E-state index contributed by atoms with van der Waals surface area (Å²) in [6, 6.07) is 6.28. The molecule has 0 unspecified atom stereocenters. The zero-order valence-electron chi connectivity index (χ0n) is 8.13. The number of hydrogen-bond acceptors (Lipinski definition) is 1. The highest BCUT2D eigenvalue weighted by atomic mass is 35.5. The molecule has 1 heterocycles. The van der Waals surface area contributed by atoms with Gasteiger partial charge in [0, 0.05) is 30.2 Å². The summed E-state index contributed by atoms with van der Waals surface area (Å²) in [4.78, 5) is 0. The van der Waals surface area contributed by atoms with Crippen LogP contribution in [0.5, 0.6) is 0 Å². The molecule has 2 N–H and O–H groups in total. The topological polar surface area (TPSA) is 30.9 Å². The van der Waals surface area contributed by atoms with E-state index in [0.29, 0.717) is 6.54 Å². The standard InChI is InChI=1S/C11H13ClN2/c1-8-2-3-11-9(6-8)10(12)7-14(11)5-4-13/h2-3,6-7H,4-5,13H2,1H3. The molecule has 0 amide bonds. The number of aryl methyl sites for hydroxylation is 1. The first kappa shape index (κ1) is 9.56. The number of benzene rings is 1. The summed E-state index contributed by atoms with van der Waals surface area (Å²) in [6.07, 6.45) is 1.94. The van der Waals surface area contributed by atoms with Crippen molar-refractivity contribution in [3.63, 3.8) is 0 Å². The fourth-order valence-electron chi connectivity index (χ4n) is 1.69. The summed E-state index contributed by atoms with van der Waals surface area (Å²) in [5, 5.41) is 1.91. The minimum Gasteiger partial charge on any atom is -0.345 e. The van der Waals surface area contributed by atoms with Crippen molar-refractivity contribution in [3.8, 4) is 0 Å². The molecule has 0 aliphatic heterocycles. The molecule has 0 spiro atoms. The molecule has 2 rings (SSSR count). The van der Waals surface area contributed by atoms with E-state index in [-0.39, 0.29) is 0 Å². The lowest BCUT2D eigenvalue weighted by Crippen LogP contribution is -2.08. The van der Waals surface area contributed by atoms with Gasteiger partial charge in [0.25, 0.3) is 0 Å². The van der Waals surface area contributed by atoms with Crippen LogP contribution in [0, 0.1) is 6.92 Å². The molecule has 0 atom stereocenters. The molecule has 0 saturated heterocycles. The average molecular weight is 209 g/mol. The lowest BCUT2D eigenvalue weighted by Gasteiger charge is -2.02. The molecule has 0 radical (unpaired) electrons. The van der Waals surface area contributed by atoms with E-state index >= 15 is 0 Å². The van der Waals surface area contributed by atoms with Crippen molar-refractivity contribution in [2.24, 2.45) is 5.73 Å². The van der Waals surface area contributed by atoms with Gasteiger partial charge in [-0.3, -0.25) is 0 Å². The van der Waals surface area contributed by atoms with Gasteiger partial charge in [0.05, 0.1) is 5.02 Å². The summed E-state index contributed by atoms with van der Waals surface area (Å²) in [6.45, 7) is 3.51. The Labute approximate surface area is 88.3 Å². The molecule has 0 fully saturated rings. The minimum absolute atomic E-state index is 0.633. The van der Waals surface area contributed by atoms with Gasteiger partial charge in [-0.25, -0.2) is 0 Å². The van der Waals surface area contributed by atoms with Crippen LogP contribution in [-0.2, 0) is 6.54 Å². The smallest absolute Gasteiger partial charge is 0.0661 e. The van der Waals surface area contributed by atoms with E-state index in [1.54, 1.807) is 0 Å². The molecule has 2 aromatic rings. The van der Waals surface area contributed by atoms with Crippen molar-refractivity contribution in [1.82, 2.24) is 4.57 Å². The second kappa shape index (κ2) is 3.64. The van der Waals surface area contributed by atoms with E-state index in [2.05, 4.69) is 29.7 Å². The number of nitrogens with two attached hydrogens (primary N) is 1. The van der Waals surface area contributed by atoms with Crippen LogP contribution < -0.4 is 5.73 Å². The van der Waals surface area contributed by atoms with Crippen molar-refractivity contribution in [1.29, 1.82) is 0 Å². The Morgan fingerprint density at radius 1 is 1.43 bits per heavy atom. The molecule has 1 aromatic heterocycles. The van der Waals surface area contributed by atoms with Crippen molar-refractivity contribution in [2.45, 2.75) is 13.5 Å². The SMILES string of the molecule is Cc1ccc2c(c1)c(Cl)cn2CCN. The van der Waals surface area contributed by atoms with Crippen LogP contribution in [0.2, 0.25) is 5.02 Å². The summed E-state index contributed by atoms with van der Waals surface area (Å²) < 4.78 is 2.09. The normalized spacial score (nSPS) is 11.1. The number of nitrogens with zero attached hydrogens (tertiary/aromatic N) is 1. The Hall–Kier alpha value is -0.990. The molecule has 1 aromatic carbocycles. The average Bonchev–Trinajstić information content (AvgIpc) is 2.44. The Bertz CT molecular complexity index is 460. The summed E-state index contributed by atoms with van der Waals surface area (Å²) in [5.74, 6) is 0. The van der Waals surface area contributed by atoms with Gasteiger partial charge in [-0.05, 0) is 19.1 Å². The third-order valence-electron chi connectivity index (χ3n) is 2.36. The van der Waals surface area contributed by atoms with Crippen LogP contribution in [0.4, 0.5) is 0 Å². The molecular weight excluding hydrogens is 196 g/mol. The Morgan fingerprint density at radius 3 is 2.93 bits per heavy atom. The fourth-order valence-corrected chi connectivity index (χ4v) is 1.96. The third kappa shape index (κ3) is 1.51. The maximum atomic E-state index is 6.12. The van der Waals surface area contributed by atoms with E-state index in [9.17, 15) is 0 Å². The van der Waals surface area contributed by atoms with Gasteiger partial charge in [-0.1, -0.05) is 23.2 Å². The first-order valence-corrected chi connectivity index (χ1v) is 5.05. The van der Waals surface area contributed by atoms with E-state index in [4.69, 9.17) is 17.3 Å². The van der Waals surface area contributed by atoms with Crippen LogP contribution >= 0.6 is 11.6 Å². The van der Waals surface area contributed by atoms with Gasteiger partial charge in [0.1, 0.15) is 0 Å². The first-order valence-electron chi connectivity index (χ1n) is 4.67. The van der Waals surface area contributed by atoms with Crippen LogP contribution in [0.15, 0.2) is 24.4 Å². The van der Waals surface area contributed by atoms with Crippen molar-refractivity contribution >= 4 is 22.5 Å². The summed E-state index contributed by atoms with van der Waals surface area (Å²) in [5.41, 5.74) is 7.91. The number of hydrogen-bond donors (Lipinski definition) is 1. The van der Waals surface area contributed by atoms with Crippen molar-refractivity contribution < 1.29 is 0 Å². The van der Waals surface area contributed by atoms with Crippen LogP contribution in [0.3, 0.4) is 0 Å². The Morgan fingerprint density at radius 2 is 2.21 bits per heavy atom. The maximum absolute atomic E-state index is 6.12. The number of fused-ring (bicyclic) bond motifs is 1. The predicted molar refractivity (Wildman–Crippen MR) is 60.7 cm³/mol. The molecule has 0 aliphatic rings. The lowest BCUT2D eigenvalue weighted by atomic mass is 10.2. The Kier molecular flexibility index (Phi) is 2.48. The molecule has 3 heteroatoms. The van der Waals surface area contributed by atoms with Crippen LogP contribution in [-0.4, -0.2) is 11.1 Å². The van der Waals surface area contributed by atoms with E-state index < -0.39 is 0 Å². The monoisotopic (exact) mass is 208 g/mol. The summed E-state index contributed by atoms with van der Waals surface area (Å²) in [7, 11) is 0. The van der Waals surface area contributed by atoms with Gasteiger partial charge in [-0.2, -0.15) is 0 Å². The van der Waals surface area contributed by atoms with E-state index in [1.165, 1.54) is 5.56 Å². The third-order valence-corrected chi connectivity index (χ3v) is 2.66. The zero-order chi connectivity index (χ0) is 10.1. The molecule has 0 saturated carbocycles. The first-order chi connectivity index (χ1) is 6.72. The molecule has 14 heavy (non-hydrogen) atoms. The van der Waals surface area contributed by atoms with Gasteiger partial charge >= 0.3 is 0 Å². The fraction of sp³-hybridized carbons (Fsp3) is 0.273. The molecule has 0 bridgehead atoms. The molecular formula is C11H13ClN2. The van der Waals surface area contributed by atoms with Crippen molar-refractivity contribution in [2.75, 3.05) is 6.54 Å². The van der Waals surface area contributed by atoms with Gasteiger partial charge in [0.15, 0.2) is 0 Å². The van der Waals surface area contributed by atoms with E-state index in [0.717, 1.165) is 22.5 Å². The van der Waals surface area contributed by atoms with E-state index in [1.807, 2.05) is 6.20 Å². The second-order valence-electron chi connectivity index (χ2n) is 3.48. The second-order valence-corrected chi connectivity index (χ2v) is 3.89. The highest BCUT2D eigenvalue weighted by molar-refractivity contribution is 6.35. The highest BCUT2D eigenvalue weighted by Crippen LogP contribution is 2.26. The lowest BCUT2D eigenvalue weighted by molar-refractivity contribution is 0.735. The maximum Gasteiger partial charge on any atom is 0.0661 e. The molecule has 74 valence electrons. The molecule has 0 aliphatic carbocycles. The van der Waals surface area contributed by atoms with Crippen LogP contribution in [0.25, 0.3) is 10.9 Å². The zero-order valence-corrected chi connectivity index (χ0v) is 8.88. The van der Waals surface area contributed by atoms with Gasteiger partial charge in [-0.15, -0.1) is 0 Å². The molecule has 2 nitrogen and oxygen atoms in total. The number of rotatable bonds is 2. The predicted octanol–water partition coefficient (Wildman–Crippen LogP) is 2.56. The minimum atomic E-state index is 0.633. The van der Waals surface area contributed by atoms with Crippen molar-refractivity contribution in [3.05, 3.63) is 35.0 Å². The largest absolute Gasteiger partial charge is 0.345 e. The number of aromatic nitrogens is 1. The Balaban J connectivity index is 2.65. The quantitative estimate of drug-likeness (QED) is 0.808.